The molecular formula is C42H53NO. The van der Waals surface area contributed by atoms with Crippen molar-refractivity contribution in [1.82, 2.24) is 4.90 Å². The maximum Gasteiger partial charge on any atom is 0.247 e. The van der Waals surface area contributed by atoms with E-state index in [0.29, 0.717) is 0 Å². The van der Waals surface area contributed by atoms with Crippen LogP contribution >= 0.6 is 0 Å². The Morgan fingerprint density at radius 1 is 0.591 bits per heavy atom. The molecule has 4 aromatic carbocycles. The third-order valence-electron chi connectivity index (χ3n) is 9.69. The van der Waals surface area contributed by atoms with E-state index in [0.717, 1.165) is 19.3 Å². The molecule has 0 saturated carbocycles. The summed E-state index contributed by atoms with van der Waals surface area (Å²) in [7, 11) is 0. The van der Waals surface area contributed by atoms with E-state index >= 15 is 0 Å². The zero-order chi connectivity index (χ0) is 30.4. The second-order valence-electron chi connectivity index (χ2n) is 13.0. The molecule has 0 bridgehead atoms. The van der Waals surface area contributed by atoms with E-state index in [4.69, 9.17) is 0 Å². The minimum absolute atomic E-state index is 0.0876. The normalized spacial score (nSPS) is 16.9. The van der Waals surface area contributed by atoms with Gasteiger partial charge in [-0.2, -0.15) is 0 Å². The second kappa shape index (κ2) is 17.2. The molecule has 4 aromatic rings. The first-order valence-corrected chi connectivity index (χ1v) is 17.7. The number of benzene rings is 4. The number of hydrogen-bond acceptors (Lipinski definition) is 1. The summed E-state index contributed by atoms with van der Waals surface area (Å²) >= 11 is 0. The zero-order valence-corrected chi connectivity index (χ0v) is 27.1. The molecule has 2 heteroatoms. The number of allylic oxidation sites excluding steroid dienone is 1. The van der Waals surface area contributed by atoms with Crippen molar-refractivity contribution in [2.75, 3.05) is 0 Å². The van der Waals surface area contributed by atoms with Crippen LogP contribution in [0.5, 0.6) is 0 Å². The smallest absolute Gasteiger partial charge is 0.247 e. The van der Waals surface area contributed by atoms with Gasteiger partial charge in [0.1, 0.15) is 0 Å². The minimum Gasteiger partial charge on any atom is -0.325 e. The molecular weight excluding hydrogens is 534 g/mol. The highest BCUT2D eigenvalue weighted by Crippen LogP contribution is 2.45. The van der Waals surface area contributed by atoms with E-state index in [-0.39, 0.29) is 18.0 Å². The number of likely N-dealkylation sites (tertiary alicyclic amines) is 1. The molecule has 1 amide bonds. The fourth-order valence-electron chi connectivity index (χ4n) is 7.15. The van der Waals surface area contributed by atoms with Crippen LogP contribution in [-0.2, 0) is 4.79 Å². The molecule has 1 saturated heterocycles. The van der Waals surface area contributed by atoms with Crippen molar-refractivity contribution in [2.45, 2.75) is 122 Å². The molecule has 44 heavy (non-hydrogen) atoms. The summed E-state index contributed by atoms with van der Waals surface area (Å²) in [6.45, 7) is 2.29. The number of fused-ring (bicyclic) bond motifs is 2. The molecule has 0 aromatic heterocycles. The molecule has 0 spiro atoms. The number of nitrogens with zero attached hydrogens (tertiary/aromatic N) is 1. The summed E-state index contributed by atoms with van der Waals surface area (Å²) < 4.78 is 0. The third kappa shape index (κ3) is 8.84. The molecule has 5 rings (SSSR count). The number of carbonyl (C=O) groups is 1. The molecule has 0 radical (unpaired) electrons. The lowest BCUT2D eigenvalue weighted by molar-refractivity contribution is -0.129. The van der Waals surface area contributed by atoms with E-state index in [1.165, 1.54) is 116 Å². The summed E-state index contributed by atoms with van der Waals surface area (Å²) in [5.41, 5.74) is 2.48. The highest BCUT2D eigenvalue weighted by Gasteiger charge is 2.37. The molecule has 1 fully saturated rings. The Morgan fingerprint density at radius 3 is 1.50 bits per heavy atom. The average Bonchev–Trinajstić information content (AvgIpc) is 3.51. The van der Waals surface area contributed by atoms with Gasteiger partial charge in [-0.3, -0.25) is 4.79 Å². The number of amides is 1. The topological polar surface area (TPSA) is 20.3 Å². The predicted octanol–water partition coefficient (Wildman–Crippen LogP) is 12.4. The first-order chi connectivity index (χ1) is 21.7. The van der Waals surface area contributed by atoms with Crippen molar-refractivity contribution in [3.05, 3.63) is 108 Å². The quantitative estimate of drug-likeness (QED) is 0.0888. The van der Waals surface area contributed by atoms with Crippen molar-refractivity contribution < 1.29 is 4.79 Å². The first-order valence-electron chi connectivity index (χ1n) is 17.7. The second-order valence-corrected chi connectivity index (χ2v) is 13.0. The van der Waals surface area contributed by atoms with Crippen LogP contribution in [0.15, 0.2) is 97.1 Å². The van der Waals surface area contributed by atoms with Gasteiger partial charge in [-0.25, -0.2) is 0 Å². The monoisotopic (exact) mass is 587 g/mol. The molecule has 0 unspecified atom stereocenters. The highest BCUT2D eigenvalue weighted by atomic mass is 16.2. The van der Waals surface area contributed by atoms with Crippen LogP contribution in [0, 0.1) is 0 Å². The van der Waals surface area contributed by atoms with Crippen LogP contribution in [0.3, 0.4) is 0 Å². The molecule has 232 valence electrons. The van der Waals surface area contributed by atoms with Gasteiger partial charge in [-0.15, -0.1) is 0 Å². The summed E-state index contributed by atoms with van der Waals surface area (Å²) in [5.74, 6) is 0.147. The van der Waals surface area contributed by atoms with Crippen LogP contribution in [0.1, 0.15) is 133 Å². The lowest BCUT2D eigenvalue weighted by atomic mass is 10.00. The van der Waals surface area contributed by atoms with Crippen molar-refractivity contribution in [1.29, 1.82) is 0 Å². The molecule has 1 aliphatic rings. The van der Waals surface area contributed by atoms with E-state index < -0.39 is 0 Å². The predicted molar refractivity (Wildman–Crippen MR) is 189 cm³/mol. The van der Waals surface area contributed by atoms with Gasteiger partial charge in [0, 0.05) is 0 Å². The van der Waals surface area contributed by atoms with Gasteiger partial charge in [0.25, 0.3) is 0 Å². The minimum atomic E-state index is 0.0876. The largest absolute Gasteiger partial charge is 0.325 e. The van der Waals surface area contributed by atoms with E-state index in [9.17, 15) is 4.79 Å². The Hall–Kier alpha value is -3.39. The summed E-state index contributed by atoms with van der Waals surface area (Å²) in [4.78, 5) is 16.1. The lowest BCUT2D eigenvalue weighted by Gasteiger charge is -2.30. The molecule has 2 atom stereocenters. The van der Waals surface area contributed by atoms with Crippen molar-refractivity contribution >= 4 is 27.5 Å². The Labute approximate surface area is 266 Å². The van der Waals surface area contributed by atoms with Gasteiger partial charge in [0.15, 0.2) is 0 Å². The number of rotatable bonds is 17. The SMILES string of the molecule is CCCCCCCCCCCCCCC/C=C/C(=O)N1[C@H](c2ccc3ccccc3c2)CC[C@H]1c1ccc2ccccc2c1. The lowest BCUT2D eigenvalue weighted by Crippen LogP contribution is -2.31. The molecule has 1 aliphatic heterocycles. The molecule has 0 aliphatic carbocycles. The van der Waals surface area contributed by atoms with Crippen LogP contribution in [0.25, 0.3) is 21.5 Å². The van der Waals surface area contributed by atoms with Gasteiger partial charge in [-0.05, 0) is 76.6 Å². The van der Waals surface area contributed by atoms with Gasteiger partial charge >= 0.3 is 0 Å². The number of hydrogen-bond donors (Lipinski definition) is 0. The summed E-state index contributed by atoms with van der Waals surface area (Å²) in [5, 5.41) is 4.97. The highest BCUT2D eigenvalue weighted by molar-refractivity contribution is 5.89. The number of unbranched alkanes of at least 4 members (excludes halogenated alkanes) is 13. The number of carbonyl (C=O) groups excluding carboxylic acids is 1. The van der Waals surface area contributed by atoms with Crippen molar-refractivity contribution in [3.63, 3.8) is 0 Å². The summed E-state index contributed by atoms with van der Waals surface area (Å²) in [6.07, 6.45) is 24.7. The van der Waals surface area contributed by atoms with Crippen LogP contribution in [0.4, 0.5) is 0 Å². The Kier molecular flexibility index (Phi) is 12.5. The van der Waals surface area contributed by atoms with Crippen LogP contribution in [0.2, 0.25) is 0 Å². The standard InChI is InChI=1S/C42H53NO/c1-2-3-4-5-6-7-8-9-10-11-12-13-14-15-16-25-42(44)43-40(38-28-26-34-21-17-19-23-36(34)32-38)30-31-41(43)39-29-27-35-22-18-20-24-37(35)33-39/h16-29,32-33,40-41H,2-15,30-31H2,1H3/b25-16+/t40-,41-/m0/s1. The van der Waals surface area contributed by atoms with E-state index in [1.807, 2.05) is 6.08 Å². The van der Waals surface area contributed by atoms with Crippen molar-refractivity contribution in [2.24, 2.45) is 0 Å². The van der Waals surface area contributed by atoms with Gasteiger partial charge in [0.05, 0.1) is 12.1 Å². The van der Waals surface area contributed by atoms with Crippen LogP contribution < -0.4 is 0 Å². The van der Waals surface area contributed by atoms with Gasteiger partial charge in [-0.1, -0.05) is 163 Å². The van der Waals surface area contributed by atoms with Crippen molar-refractivity contribution in [3.8, 4) is 0 Å². The Bertz CT molecular complexity index is 1400. The third-order valence-corrected chi connectivity index (χ3v) is 9.69. The van der Waals surface area contributed by atoms with Gasteiger partial charge in [0.2, 0.25) is 5.91 Å². The molecule has 0 N–H and O–H groups in total. The first kappa shape index (κ1) is 32.0. The Morgan fingerprint density at radius 2 is 1.02 bits per heavy atom. The van der Waals surface area contributed by atoms with Crippen LogP contribution in [-0.4, -0.2) is 10.8 Å². The zero-order valence-electron chi connectivity index (χ0n) is 27.1. The van der Waals surface area contributed by atoms with E-state index in [1.54, 1.807) is 0 Å². The Balaban J connectivity index is 1.15. The maximum atomic E-state index is 13.9. The average molecular weight is 588 g/mol. The van der Waals surface area contributed by atoms with Gasteiger partial charge < -0.3 is 4.90 Å². The molecule has 2 nitrogen and oxygen atoms in total. The fraction of sp³-hybridized carbons (Fsp3) is 0.452. The summed E-state index contributed by atoms with van der Waals surface area (Å²) in [6, 6.07) is 30.7. The molecule has 1 heterocycles. The van der Waals surface area contributed by atoms with E-state index in [2.05, 4.69) is 103 Å². The maximum absolute atomic E-state index is 13.9. The fourth-order valence-corrected chi connectivity index (χ4v) is 7.15.